The van der Waals surface area contributed by atoms with Crippen molar-refractivity contribution in [2.75, 3.05) is 29.9 Å². The van der Waals surface area contributed by atoms with Gasteiger partial charge in [0.05, 0.1) is 15.6 Å². The number of non-ortho nitro benzene ring substituents is 1. The average Bonchev–Trinajstić information content (AvgIpc) is 2.67. The van der Waals surface area contributed by atoms with Crippen LogP contribution in [0.25, 0.3) is 0 Å². The van der Waals surface area contributed by atoms with Crippen molar-refractivity contribution < 1.29 is 10.0 Å². The van der Waals surface area contributed by atoms with Gasteiger partial charge in [-0.15, -0.1) is 0 Å². The lowest BCUT2D eigenvalue weighted by atomic mass is 9.97. The first-order valence-electron chi connectivity index (χ1n) is 9.11. The number of hydrogen-bond donors (Lipinski definition) is 2. The third-order valence-corrected chi connectivity index (χ3v) is 5.42. The number of aliphatic hydroxyl groups is 1. The van der Waals surface area contributed by atoms with Crippen LogP contribution in [-0.2, 0) is 6.54 Å². The molecule has 27 heavy (non-hydrogen) atoms. The molecule has 6 nitrogen and oxygen atoms in total. The van der Waals surface area contributed by atoms with E-state index in [1.807, 2.05) is 0 Å². The third-order valence-electron chi connectivity index (χ3n) is 5.13. The van der Waals surface area contributed by atoms with Crippen LogP contribution >= 0.6 is 11.6 Å². The maximum Gasteiger partial charge on any atom is 0.271 e. The molecule has 0 radical (unpaired) electrons. The van der Waals surface area contributed by atoms with Crippen LogP contribution in [0.4, 0.5) is 17.1 Å². The minimum absolute atomic E-state index is 0.00243. The number of hydrogen-bond acceptors (Lipinski definition) is 5. The molecule has 7 heteroatoms. The van der Waals surface area contributed by atoms with Gasteiger partial charge in [0.2, 0.25) is 0 Å². The Balaban J connectivity index is 1.62. The van der Waals surface area contributed by atoms with Crippen molar-refractivity contribution in [2.24, 2.45) is 5.92 Å². The smallest absolute Gasteiger partial charge is 0.271 e. The van der Waals surface area contributed by atoms with Gasteiger partial charge in [-0.25, -0.2) is 0 Å². The fourth-order valence-corrected chi connectivity index (χ4v) is 3.77. The second kappa shape index (κ2) is 8.59. The molecule has 0 atom stereocenters. The predicted octanol–water partition coefficient (Wildman–Crippen LogP) is 4.38. The fourth-order valence-electron chi connectivity index (χ4n) is 3.44. The van der Waals surface area contributed by atoms with E-state index in [0.717, 1.165) is 42.7 Å². The van der Waals surface area contributed by atoms with E-state index in [2.05, 4.69) is 34.5 Å². The SMILES string of the molecule is Cc1cc([N+](=O)[O-])cc(Cl)c1NCc1ccc(N2CCC(CO)CC2)cc1. The molecule has 1 aliphatic heterocycles. The number of piperidine rings is 1. The second-order valence-electron chi connectivity index (χ2n) is 7.01. The molecule has 0 aromatic heterocycles. The molecule has 0 bridgehead atoms. The lowest BCUT2D eigenvalue weighted by Gasteiger charge is -2.33. The van der Waals surface area contributed by atoms with Gasteiger partial charge in [0.15, 0.2) is 0 Å². The highest BCUT2D eigenvalue weighted by atomic mass is 35.5. The first-order valence-corrected chi connectivity index (χ1v) is 9.49. The Morgan fingerprint density at radius 1 is 1.26 bits per heavy atom. The Hall–Kier alpha value is -2.31. The summed E-state index contributed by atoms with van der Waals surface area (Å²) in [6, 6.07) is 11.3. The number of benzene rings is 2. The highest BCUT2D eigenvalue weighted by Gasteiger charge is 2.18. The first kappa shape index (κ1) is 19.5. The van der Waals surface area contributed by atoms with E-state index in [9.17, 15) is 15.2 Å². The number of aryl methyl sites for hydroxylation is 1. The summed E-state index contributed by atoms with van der Waals surface area (Å²) in [6.07, 6.45) is 2.05. The highest BCUT2D eigenvalue weighted by molar-refractivity contribution is 6.33. The normalized spacial score (nSPS) is 15.0. The van der Waals surface area contributed by atoms with Crippen molar-refractivity contribution >= 4 is 28.7 Å². The van der Waals surface area contributed by atoms with Crippen molar-refractivity contribution in [3.05, 3.63) is 62.7 Å². The van der Waals surface area contributed by atoms with Gasteiger partial charge >= 0.3 is 0 Å². The average molecular weight is 390 g/mol. The summed E-state index contributed by atoms with van der Waals surface area (Å²) in [5.74, 6) is 0.430. The summed E-state index contributed by atoms with van der Waals surface area (Å²) in [7, 11) is 0. The molecule has 0 amide bonds. The summed E-state index contributed by atoms with van der Waals surface area (Å²) < 4.78 is 0. The molecule has 0 aliphatic carbocycles. The van der Waals surface area contributed by atoms with Crippen molar-refractivity contribution in [3.8, 4) is 0 Å². The molecule has 2 N–H and O–H groups in total. The Morgan fingerprint density at radius 2 is 1.93 bits per heavy atom. The molecule has 144 valence electrons. The summed E-state index contributed by atoms with van der Waals surface area (Å²) in [5, 5.41) is 23.8. The van der Waals surface area contributed by atoms with E-state index in [1.165, 1.54) is 17.8 Å². The molecule has 2 aromatic carbocycles. The number of anilines is 2. The molecule has 1 heterocycles. The molecule has 1 aliphatic rings. The molecule has 3 rings (SSSR count). The van der Waals surface area contributed by atoms with Crippen LogP contribution in [0, 0.1) is 23.0 Å². The molecule has 1 saturated heterocycles. The number of nitrogens with zero attached hydrogens (tertiary/aromatic N) is 2. The van der Waals surface area contributed by atoms with Crippen LogP contribution in [-0.4, -0.2) is 29.7 Å². The maximum atomic E-state index is 10.9. The monoisotopic (exact) mass is 389 g/mol. The number of rotatable bonds is 6. The lowest BCUT2D eigenvalue weighted by molar-refractivity contribution is -0.384. The fraction of sp³-hybridized carbons (Fsp3) is 0.400. The quantitative estimate of drug-likeness (QED) is 0.566. The van der Waals surface area contributed by atoms with Gasteiger partial charge < -0.3 is 15.3 Å². The van der Waals surface area contributed by atoms with Gasteiger partial charge in [0.25, 0.3) is 5.69 Å². The van der Waals surface area contributed by atoms with Gasteiger partial charge in [-0.3, -0.25) is 10.1 Å². The van der Waals surface area contributed by atoms with Crippen LogP contribution in [0.15, 0.2) is 36.4 Å². The minimum Gasteiger partial charge on any atom is -0.396 e. The Bertz CT molecular complexity index is 780. The number of halogens is 1. The molecular weight excluding hydrogens is 366 g/mol. The molecule has 1 fully saturated rings. The van der Waals surface area contributed by atoms with Crippen molar-refractivity contribution in [2.45, 2.75) is 26.3 Å². The van der Waals surface area contributed by atoms with E-state index in [1.54, 1.807) is 6.92 Å². The van der Waals surface area contributed by atoms with Crippen LogP contribution in [0.5, 0.6) is 0 Å². The topological polar surface area (TPSA) is 78.6 Å². The number of nitrogens with one attached hydrogen (secondary N) is 1. The van der Waals surface area contributed by atoms with E-state index in [4.69, 9.17) is 11.6 Å². The summed E-state index contributed by atoms with van der Waals surface area (Å²) >= 11 is 6.20. The Labute approximate surface area is 163 Å². The zero-order valence-electron chi connectivity index (χ0n) is 15.3. The van der Waals surface area contributed by atoms with Crippen LogP contribution in [0.3, 0.4) is 0 Å². The molecule has 2 aromatic rings. The zero-order chi connectivity index (χ0) is 19.4. The minimum atomic E-state index is -0.440. The van der Waals surface area contributed by atoms with E-state index >= 15 is 0 Å². The van der Waals surface area contributed by atoms with Gasteiger partial charge in [-0.1, -0.05) is 23.7 Å². The van der Waals surface area contributed by atoms with E-state index < -0.39 is 4.92 Å². The first-order chi connectivity index (χ1) is 13.0. The van der Waals surface area contributed by atoms with Crippen LogP contribution in [0.1, 0.15) is 24.0 Å². The standard InChI is InChI=1S/C20H24ClN3O3/c1-14-10-18(24(26)27)11-19(21)20(14)22-12-15-2-4-17(5-3-15)23-8-6-16(13-25)7-9-23/h2-5,10-11,16,22,25H,6-9,12-13H2,1H3. The van der Waals surface area contributed by atoms with Crippen molar-refractivity contribution in [1.29, 1.82) is 0 Å². The molecular formula is C20H24ClN3O3. The third kappa shape index (κ3) is 4.70. The van der Waals surface area contributed by atoms with Gasteiger partial charge in [0.1, 0.15) is 0 Å². The predicted molar refractivity (Wildman–Crippen MR) is 109 cm³/mol. The number of nitro benzene ring substituents is 1. The largest absolute Gasteiger partial charge is 0.396 e. The van der Waals surface area contributed by atoms with Crippen molar-refractivity contribution in [1.82, 2.24) is 0 Å². The zero-order valence-corrected chi connectivity index (χ0v) is 16.1. The lowest BCUT2D eigenvalue weighted by Crippen LogP contribution is -2.34. The summed E-state index contributed by atoms with van der Waals surface area (Å²) in [6.45, 7) is 4.62. The van der Waals surface area contributed by atoms with Gasteiger partial charge in [-0.2, -0.15) is 0 Å². The molecule has 0 unspecified atom stereocenters. The maximum absolute atomic E-state index is 10.9. The summed E-state index contributed by atoms with van der Waals surface area (Å²) in [4.78, 5) is 12.8. The second-order valence-corrected chi connectivity index (χ2v) is 7.42. The molecule has 0 saturated carbocycles. The van der Waals surface area contributed by atoms with E-state index in [0.29, 0.717) is 17.5 Å². The number of nitro groups is 1. The summed E-state index contributed by atoms with van der Waals surface area (Å²) in [5.41, 5.74) is 3.77. The van der Waals surface area contributed by atoms with Crippen molar-refractivity contribution in [3.63, 3.8) is 0 Å². The Kier molecular flexibility index (Phi) is 6.19. The van der Waals surface area contributed by atoms with Crippen LogP contribution in [0.2, 0.25) is 5.02 Å². The highest BCUT2D eigenvalue weighted by Crippen LogP contribution is 2.31. The van der Waals surface area contributed by atoms with Gasteiger partial charge in [0, 0.05) is 44.1 Å². The number of aliphatic hydroxyl groups excluding tert-OH is 1. The van der Waals surface area contributed by atoms with Gasteiger partial charge in [-0.05, 0) is 48.9 Å². The van der Waals surface area contributed by atoms with E-state index in [-0.39, 0.29) is 12.3 Å². The molecule has 0 spiro atoms. The Morgan fingerprint density at radius 3 is 2.48 bits per heavy atom. The van der Waals surface area contributed by atoms with Crippen LogP contribution < -0.4 is 10.2 Å².